The first-order valence-corrected chi connectivity index (χ1v) is 4.84. The number of nitrogens with one attached hydrogen (secondary N) is 1. The fourth-order valence-electron chi connectivity index (χ4n) is 1.50. The van der Waals surface area contributed by atoms with E-state index in [9.17, 15) is 4.79 Å². The van der Waals surface area contributed by atoms with Gasteiger partial charge >= 0.3 is 0 Å². The average Bonchev–Trinajstić information content (AvgIpc) is 2.75. The van der Waals surface area contributed by atoms with Crippen LogP contribution in [0.15, 0.2) is 24.4 Å². The monoisotopic (exact) mass is 213 g/mol. The summed E-state index contributed by atoms with van der Waals surface area (Å²) in [6.07, 6.45) is 6.88. The largest absolute Gasteiger partial charge is 0.331 e. The van der Waals surface area contributed by atoms with Gasteiger partial charge in [-0.1, -0.05) is 12.0 Å². The molecule has 16 heavy (non-hydrogen) atoms. The third kappa shape index (κ3) is 1.75. The summed E-state index contributed by atoms with van der Waals surface area (Å²) in [6.45, 7) is 0.305. The summed E-state index contributed by atoms with van der Waals surface area (Å²) in [5.41, 5.74) is 1.45. The Morgan fingerprint density at radius 3 is 3.19 bits per heavy atom. The minimum absolute atomic E-state index is 0.0885. The number of terminal acetylenes is 1. The van der Waals surface area contributed by atoms with E-state index in [1.807, 2.05) is 6.07 Å². The molecule has 0 saturated carbocycles. The number of carbonyl (C=O) groups is 1. The molecule has 0 aliphatic rings. The van der Waals surface area contributed by atoms with Crippen molar-refractivity contribution in [2.75, 3.05) is 13.6 Å². The van der Waals surface area contributed by atoms with Gasteiger partial charge < -0.3 is 4.90 Å². The molecule has 0 spiro atoms. The Kier molecular flexibility index (Phi) is 2.61. The number of fused-ring (bicyclic) bond motifs is 1. The molecule has 0 bridgehead atoms. The van der Waals surface area contributed by atoms with Gasteiger partial charge in [-0.25, -0.2) is 0 Å². The molecule has 2 aromatic rings. The first-order chi connectivity index (χ1) is 7.72. The van der Waals surface area contributed by atoms with Gasteiger partial charge in [-0.05, 0) is 12.1 Å². The molecule has 2 rings (SSSR count). The first-order valence-electron chi connectivity index (χ1n) is 4.84. The maximum atomic E-state index is 11.9. The van der Waals surface area contributed by atoms with Crippen LogP contribution in [-0.2, 0) is 0 Å². The van der Waals surface area contributed by atoms with Crippen molar-refractivity contribution in [3.63, 3.8) is 0 Å². The van der Waals surface area contributed by atoms with Gasteiger partial charge in [0.15, 0.2) is 0 Å². The van der Waals surface area contributed by atoms with Crippen LogP contribution >= 0.6 is 0 Å². The molecule has 0 radical (unpaired) electrons. The van der Waals surface area contributed by atoms with Gasteiger partial charge in [-0.15, -0.1) is 6.42 Å². The third-order valence-electron chi connectivity index (χ3n) is 2.36. The molecule has 0 fully saturated rings. The Bertz CT molecular complexity index is 565. The van der Waals surface area contributed by atoms with E-state index in [0.717, 1.165) is 10.9 Å². The van der Waals surface area contributed by atoms with Crippen LogP contribution in [0.4, 0.5) is 0 Å². The molecule has 1 amide bonds. The fraction of sp³-hybridized carbons (Fsp3) is 0.167. The van der Waals surface area contributed by atoms with Crippen LogP contribution in [0.3, 0.4) is 0 Å². The number of rotatable bonds is 2. The molecule has 4 heteroatoms. The molecule has 1 heterocycles. The maximum Gasteiger partial charge on any atom is 0.254 e. The Labute approximate surface area is 93.3 Å². The zero-order valence-electron chi connectivity index (χ0n) is 8.90. The maximum absolute atomic E-state index is 11.9. The van der Waals surface area contributed by atoms with Gasteiger partial charge in [0, 0.05) is 18.0 Å². The molecule has 1 aromatic carbocycles. The van der Waals surface area contributed by atoms with Gasteiger partial charge in [-0.2, -0.15) is 5.10 Å². The van der Waals surface area contributed by atoms with Gasteiger partial charge in [-0.3, -0.25) is 9.89 Å². The molecular weight excluding hydrogens is 202 g/mol. The Morgan fingerprint density at radius 2 is 2.44 bits per heavy atom. The second kappa shape index (κ2) is 4.07. The van der Waals surface area contributed by atoms with Crippen molar-refractivity contribution in [2.24, 2.45) is 0 Å². The van der Waals surface area contributed by atoms with Crippen LogP contribution in [0.5, 0.6) is 0 Å². The van der Waals surface area contributed by atoms with E-state index in [4.69, 9.17) is 6.42 Å². The van der Waals surface area contributed by atoms with Crippen molar-refractivity contribution >= 4 is 16.8 Å². The minimum atomic E-state index is -0.0885. The third-order valence-corrected chi connectivity index (χ3v) is 2.36. The van der Waals surface area contributed by atoms with E-state index in [-0.39, 0.29) is 5.91 Å². The molecule has 1 aromatic heterocycles. The number of aromatic nitrogens is 2. The van der Waals surface area contributed by atoms with E-state index >= 15 is 0 Å². The summed E-state index contributed by atoms with van der Waals surface area (Å²) in [6, 6.07) is 5.40. The van der Waals surface area contributed by atoms with Crippen molar-refractivity contribution in [1.82, 2.24) is 15.1 Å². The number of amides is 1. The van der Waals surface area contributed by atoms with Gasteiger partial charge in [0.2, 0.25) is 0 Å². The lowest BCUT2D eigenvalue weighted by Gasteiger charge is -2.13. The normalized spacial score (nSPS) is 10.0. The lowest BCUT2D eigenvalue weighted by molar-refractivity contribution is 0.0813. The van der Waals surface area contributed by atoms with E-state index in [0.29, 0.717) is 12.1 Å². The summed E-state index contributed by atoms with van der Waals surface area (Å²) < 4.78 is 0. The summed E-state index contributed by atoms with van der Waals surface area (Å²) in [7, 11) is 1.68. The lowest BCUT2D eigenvalue weighted by Crippen LogP contribution is -2.26. The van der Waals surface area contributed by atoms with E-state index < -0.39 is 0 Å². The smallest absolute Gasteiger partial charge is 0.254 e. The molecule has 80 valence electrons. The molecule has 0 saturated heterocycles. The molecule has 0 atom stereocenters. The number of aromatic amines is 1. The summed E-state index contributed by atoms with van der Waals surface area (Å²) >= 11 is 0. The van der Waals surface area contributed by atoms with Gasteiger partial charge in [0.25, 0.3) is 5.91 Å². The van der Waals surface area contributed by atoms with Crippen molar-refractivity contribution < 1.29 is 4.79 Å². The van der Waals surface area contributed by atoms with Crippen LogP contribution in [0.1, 0.15) is 10.4 Å². The van der Waals surface area contributed by atoms with Crippen LogP contribution in [0, 0.1) is 12.3 Å². The highest BCUT2D eigenvalue weighted by atomic mass is 16.2. The predicted octanol–water partition coefficient (Wildman–Crippen LogP) is 1.27. The first kappa shape index (κ1) is 10.2. The van der Waals surface area contributed by atoms with E-state index in [2.05, 4.69) is 16.1 Å². The Balaban J connectivity index is 2.33. The van der Waals surface area contributed by atoms with Gasteiger partial charge in [0.1, 0.15) is 0 Å². The molecule has 0 unspecified atom stereocenters. The molecular formula is C12H11N3O. The minimum Gasteiger partial charge on any atom is -0.331 e. The lowest BCUT2D eigenvalue weighted by atomic mass is 10.1. The zero-order valence-corrected chi connectivity index (χ0v) is 8.90. The SMILES string of the molecule is C#CCN(C)C(=O)c1ccc2cn[nH]c2c1. The number of nitrogens with zero attached hydrogens (tertiary/aromatic N) is 2. The number of hydrogen-bond acceptors (Lipinski definition) is 2. The highest BCUT2D eigenvalue weighted by Crippen LogP contribution is 2.13. The van der Waals surface area contributed by atoms with Crippen molar-refractivity contribution in [3.05, 3.63) is 30.0 Å². The highest BCUT2D eigenvalue weighted by molar-refractivity contribution is 5.97. The Morgan fingerprint density at radius 1 is 1.62 bits per heavy atom. The van der Waals surface area contributed by atoms with Crippen LogP contribution < -0.4 is 0 Å². The van der Waals surface area contributed by atoms with Crippen molar-refractivity contribution in [2.45, 2.75) is 0 Å². The second-order valence-electron chi connectivity index (χ2n) is 3.54. The summed E-state index contributed by atoms with van der Waals surface area (Å²) in [4.78, 5) is 13.4. The Hall–Kier alpha value is -2.28. The standard InChI is InChI=1S/C12H11N3O/c1-3-6-15(2)12(16)9-4-5-10-8-13-14-11(10)7-9/h1,4-5,7-8H,6H2,2H3,(H,13,14). The van der Waals surface area contributed by atoms with Crippen LogP contribution in [0.2, 0.25) is 0 Å². The molecule has 0 aliphatic heterocycles. The van der Waals surface area contributed by atoms with Crippen molar-refractivity contribution in [1.29, 1.82) is 0 Å². The number of H-pyrrole nitrogens is 1. The van der Waals surface area contributed by atoms with Crippen LogP contribution in [-0.4, -0.2) is 34.6 Å². The predicted molar refractivity (Wildman–Crippen MR) is 61.9 cm³/mol. The van der Waals surface area contributed by atoms with E-state index in [1.165, 1.54) is 4.90 Å². The van der Waals surface area contributed by atoms with E-state index in [1.54, 1.807) is 25.4 Å². The highest BCUT2D eigenvalue weighted by Gasteiger charge is 2.11. The summed E-state index contributed by atoms with van der Waals surface area (Å²) in [5, 5.41) is 7.71. The number of hydrogen-bond donors (Lipinski definition) is 1. The van der Waals surface area contributed by atoms with Gasteiger partial charge in [0.05, 0.1) is 18.3 Å². The van der Waals surface area contributed by atoms with Crippen LogP contribution in [0.25, 0.3) is 10.9 Å². The molecule has 4 nitrogen and oxygen atoms in total. The number of carbonyl (C=O) groups excluding carboxylic acids is 1. The van der Waals surface area contributed by atoms with Crippen molar-refractivity contribution in [3.8, 4) is 12.3 Å². The number of benzene rings is 1. The summed E-state index contributed by atoms with van der Waals surface area (Å²) in [5.74, 6) is 2.35. The zero-order chi connectivity index (χ0) is 11.5. The molecule has 1 N–H and O–H groups in total. The average molecular weight is 213 g/mol. The fourth-order valence-corrected chi connectivity index (χ4v) is 1.50. The molecule has 0 aliphatic carbocycles. The quantitative estimate of drug-likeness (QED) is 0.764. The second-order valence-corrected chi connectivity index (χ2v) is 3.54. The topological polar surface area (TPSA) is 49.0 Å².